The first kappa shape index (κ1) is 29.5. The molecule has 0 aromatic heterocycles. The first-order chi connectivity index (χ1) is 17.9. The zero-order valence-corrected chi connectivity index (χ0v) is 19.6. The lowest BCUT2D eigenvalue weighted by Gasteiger charge is -2.14. The summed E-state index contributed by atoms with van der Waals surface area (Å²) in [6, 6.07) is 21.7. The summed E-state index contributed by atoms with van der Waals surface area (Å²) in [7, 11) is 0. The van der Waals surface area contributed by atoms with Crippen LogP contribution in [0, 0.1) is 0 Å². The van der Waals surface area contributed by atoms with Crippen LogP contribution in [0.3, 0.4) is 0 Å². The molecule has 0 fully saturated rings. The Morgan fingerprint density at radius 3 is 1.95 bits per heavy atom. The minimum Gasteiger partial charge on any atom is -0.481 e. The number of halogens is 3. The van der Waals surface area contributed by atoms with Gasteiger partial charge in [0.05, 0.1) is 17.2 Å². The second-order valence-corrected chi connectivity index (χ2v) is 7.64. The third kappa shape index (κ3) is 9.06. The summed E-state index contributed by atoms with van der Waals surface area (Å²) in [4.78, 5) is 45.6. The van der Waals surface area contributed by atoms with Crippen molar-refractivity contribution in [3.05, 3.63) is 95.6 Å². The number of carboxylic acids is 2. The highest BCUT2D eigenvalue weighted by atomic mass is 19.4. The van der Waals surface area contributed by atoms with Gasteiger partial charge in [-0.3, -0.25) is 9.59 Å². The minimum atomic E-state index is -5.08. The van der Waals surface area contributed by atoms with Crippen LogP contribution in [-0.4, -0.2) is 40.2 Å². The lowest BCUT2D eigenvalue weighted by Crippen LogP contribution is -2.21. The van der Waals surface area contributed by atoms with Crippen molar-refractivity contribution < 1.29 is 47.3 Å². The highest BCUT2D eigenvalue weighted by Crippen LogP contribution is 2.27. The number of aliphatic carboxylic acids is 2. The standard InChI is InChI=1S/C24H22N2O5.C2HF3O2/c25-15-16-10-12-18(13-11-16)24(30)31-21-9-5-4-8-20(21)26-22(27)14-19(23(28)29)17-6-2-1-3-7-17;3-2(4,5)1(6)7/h1-13,19H,14-15,25H2,(H,26,27)(H,28,29);(H,6,7). The van der Waals surface area contributed by atoms with E-state index in [1.807, 2.05) is 0 Å². The summed E-state index contributed by atoms with van der Waals surface area (Å²) in [5.41, 5.74) is 7.60. The number of para-hydroxylation sites is 2. The van der Waals surface area contributed by atoms with Crippen LogP contribution < -0.4 is 15.8 Å². The number of nitrogens with one attached hydrogen (secondary N) is 1. The molecule has 0 aliphatic carbocycles. The Bertz CT molecular complexity index is 1260. The molecule has 0 heterocycles. The van der Waals surface area contributed by atoms with Crippen LogP contribution in [0.2, 0.25) is 0 Å². The molecule has 0 spiro atoms. The van der Waals surface area contributed by atoms with Crippen LogP contribution in [0.1, 0.15) is 33.8 Å². The summed E-state index contributed by atoms with van der Waals surface area (Å²) in [5, 5.41) is 19.3. The van der Waals surface area contributed by atoms with Gasteiger partial charge in [0.15, 0.2) is 5.75 Å². The van der Waals surface area contributed by atoms with Gasteiger partial charge < -0.3 is 26.0 Å². The predicted molar refractivity (Wildman–Crippen MR) is 129 cm³/mol. The summed E-state index contributed by atoms with van der Waals surface area (Å²) in [6.07, 6.45) is -5.35. The van der Waals surface area contributed by atoms with Gasteiger partial charge in [-0.1, -0.05) is 54.6 Å². The van der Waals surface area contributed by atoms with Crippen molar-refractivity contribution in [2.45, 2.75) is 25.1 Å². The van der Waals surface area contributed by atoms with Crippen LogP contribution >= 0.6 is 0 Å². The summed E-state index contributed by atoms with van der Waals surface area (Å²) in [6.45, 7) is 0.366. The Hall–Kier alpha value is -4.71. The number of carbonyl (C=O) groups is 4. The number of alkyl halides is 3. The fraction of sp³-hybridized carbons (Fsp3) is 0.154. The average Bonchev–Trinajstić information content (AvgIpc) is 2.88. The third-order valence-electron chi connectivity index (χ3n) is 4.92. The highest BCUT2D eigenvalue weighted by Gasteiger charge is 2.38. The second-order valence-electron chi connectivity index (χ2n) is 7.64. The van der Waals surface area contributed by atoms with E-state index in [1.165, 1.54) is 0 Å². The smallest absolute Gasteiger partial charge is 0.481 e. The van der Waals surface area contributed by atoms with E-state index in [9.17, 15) is 32.7 Å². The van der Waals surface area contributed by atoms with Crippen molar-refractivity contribution >= 4 is 29.5 Å². The van der Waals surface area contributed by atoms with E-state index in [4.69, 9.17) is 20.4 Å². The molecule has 3 aromatic rings. The number of nitrogens with two attached hydrogens (primary N) is 1. The largest absolute Gasteiger partial charge is 0.490 e. The third-order valence-corrected chi connectivity index (χ3v) is 4.92. The van der Waals surface area contributed by atoms with Crippen molar-refractivity contribution in [2.75, 3.05) is 5.32 Å². The molecule has 9 nitrogen and oxygen atoms in total. The van der Waals surface area contributed by atoms with Gasteiger partial charge in [0.1, 0.15) is 0 Å². The summed E-state index contributed by atoms with van der Waals surface area (Å²) in [5.74, 6) is -5.77. The molecule has 38 heavy (non-hydrogen) atoms. The molecule has 1 amide bonds. The summed E-state index contributed by atoms with van der Waals surface area (Å²) >= 11 is 0. The van der Waals surface area contributed by atoms with Gasteiger partial charge in [0.2, 0.25) is 5.91 Å². The number of amides is 1. The Morgan fingerprint density at radius 2 is 1.42 bits per heavy atom. The van der Waals surface area contributed by atoms with Gasteiger partial charge in [-0.05, 0) is 35.4 Å². The maximum absolute atomic E-state index is 12.6. The fourth-order valence-corrected chi connectivity index (χ4v) is 3.01. The first-order valence-corrected chi connectivity index (χ1v) is 10.9. The van der Waals surface area contributed by atoms with Crippen molar-refractivity contribution in [1.82, 2.24) is 0 Å². The van der Waals surface area contributed by atoms with E-state index in [0.29, 0.717) is 17.7 Å². The molecule has 0 aliphatic heterocycles. The van der Waals surface area contributed by atoms with E-state index in [2.05, 4.69) is 5.32 Å². The number of benzene rings is 3. The Morgan fingerprint density at radius 1 is 0.868 bits per heavy atom. The maximum Gasteiger partial charge on any atom is 0.490 e. The fourth-order valence-electron chi connectivity index (χ4n) is 3.01. The molecule has 0 radical (unpaired) electrons. The number of esters is 1. The SMILES string of the molecule is NCc1ccc(C(=O)Oc2ccccc2NC(=O)CC(C(=O)O)c2ccccc2)cc1.O=C(O)C(F)(F)F. The topological polar surface area (TPSA) is 156 Å². The molecule has 0 saturated heterocycles. The van der Waals surface area contributed by atoms with Gasteiger partial charge in [0.25, 0.3) is 0 Å². The number of anilines is 1. The van der Waals surface area contributed by atoms with Crippen LogP contribution in [0.15, 0.2) is 78.9 Å². The normalized spacial score (nSPS) is 11.4. The number of carbonyl (C=O) groups excluding carboxylic acids is 2. The van der Waals surface area contributed by atoms with E-state index in [0.717, 1.165) is 5.56 Å². The van der Waals surface area contributed by atoms with Gasteiger partial charge in [-0.15, -0.1) is 0 Å². The first-order valence-electron chi connectivity index (χ1n) is 10.9. The van der Waals surface area contributed by atoms with E-state index >= 15 is 0 Å². The van der Waals surface area contributed by atoms with Gasteiger partial charge in [-0.25, -0.2) is 9.59 Å². The molecule has 3 rings (SSSR count). The number of ether oxygens (including phenoxy) is 1. The van der Waals surface area contributed by atoms with E-state index < -0.39 is 35.9 Å². The molecule has 0 aliphatic rings. The predicted octanol–water partition coefficient (Wildman–Crippen LogP) is 4.19. The van der Waals surface area contributed by atoms with E-state index in [-0.39, 0.29) is 17.9 Å². The average molecular weight is 532 g/mol. The van der Waals surface area contributed by atoms with Crippen LogP contribution in [0.5, 0.6) is 5.75 Å². The van der Waals surface area contributed by atoms with Crippen LogP contribution in [0.25, 0.3) is 0 Å². The van der Waals surface area contributed by atoms with E-state index in [1.54, 1.807) is 78.9 Å². The molecule has 1 atom stereocenters. The number of rotatable bonds is 8. The van der Waals surface area contributed by atoms with Crippen molar-refractivity contribution in [1.29, 1.82) is 0 Å². The second kappa shape index (κ2) is 13.6. The zero-order chi connectivity index (χ0) is 28.3. The quantitative estimate of drug-likeness (QED) is 0.249. The van der Waals surface area contributed by atoms with Crippen molar-refractivity contribution in [3.8, 4) is 5.75 Å². The van der Waals surface area contributed by atoms with Crippen molar-refractivity contribution in [2.24, 2.45) is 5.73 Å². The molecule has 0 saturated carbocycles. The van der Waals surface area contributed by atoms with Crippen LogP contribution in [0.4, 0.5) is 18.9 Å². The molecule has 200 valence electrons. The maximum atomic E-state index is 12.6. The molecule has 5 N–H and O–H groups in total. The molecule has 1 unspecified atom stereocenters. The summed E-state index contributed by atoms with van der Waals surface area (Å²) < 4.78 is 37.2. The van der Waals surface area contributed by atoms with Crippen LogP contribution in [-0.2, 0) is 20.9 Å². The lowest BCUT2D eigenvalue weighted by atomic mass is 9.95. The Labute approximate surface area is 214 Å². The van der Waals surface area contributed by atoms with Gasteiger partial charge in [-0.2, -0.15) is 13.2 Å². The molecular weight excluding hydrogens is 509 g/mol. The zero-order valence-electron chi connectivity index (χ0n) is 19.6. The van der Waals surface area contributed by atoms with Crippen molar-refractivity contribution in [3.63, 3.8) is 0 Å². The van der Waals surface area contributed by atoms with Gasteiger partial charge >= 0.3 is 24.1 Å². The van der Waals surface area contributed by atoms with Gasteiger partial charge in [0, 0.05) is 13.0 Å². The number of hydrogen-bond acceptors (Lipinski definition) is 6. The Kier molecular flexibility index (Phi) is 10.5. The number of carboxylic acid groups (broad SMARTS) is 2. The molecular formula is C26H23F3N2O7. The Balaban J connectivity index is 0.000000638. The number of hydrogen-bond donors (Lipinski definition) is 4. The molecule has 12 heteroatoms. The lowest BCUT2D eigenvalue weighted by molar-refractivity contribution is -0.192. The highest BCUT2D eigenvalue weighted by molar-refractivity contribution is 5.97. The molecule has 0 bridgehead atoms. The monoisotopic (exact) mass is 532 g/mol. The molecule has 3 aromatic carbocycles. The minimum absolute atomic E-state index is 0.162.